The Morgan fingerprint density at radius 3 is 2.26 bits per heavy atom. The highest BCUT2D eigenvalue weighted by Crippen LogP contribution is 2.48. The number of fused-ring (bicyclic) bond motifs is 1. The molecule has 0 aliphatic carbocycles. The highest BCUT2D eigenvalue weighted by atomic mass is 35.5. The molecule has 0 fully saturated rings. The molecule has 13 heteroatoms. The number of hydrogen-bond acceptors (Lipinski definition) is 9. The molecule has 3 aromatic carbocycles. The summed E-state index contributed by atoms with van der Waals surface area (Å²) in [4.78, 5) is 24.3. The van der Waals surface area contributed by atoms with Crippen LogP contribution >= 0.6 is 11.6 Å². The van der Waals surface area contributed by atoms with Crippen molar-refractivity contribution >= 4 is 43.2 Å². The number of dihydropyridines is 1. The van der Waals surface area contributed by atoms with Crippen LogP contribution in [0.3, 0.4) is 0 Å². The fourth-order valence-electron chi connectivity index (χ4n) is 5.13. The van der Waals surface area contributed by atoms with Crippen LogP contribution in [0, 0.1) is 5.82 Å². The number of rotatable bonds is 7. The zero-order valence-corrected chi connectivity index (χ0v) is 25.1. The zero-order chi connectivity index (χ0) is 30.9. The van der Waals surface area contributed by atoms with Gasteiger partial charge in [-0.05, 0) is 36.8 Å². The maximum Gasteiger partial charge on any atom is 0.336 e. The van der Waals surface area contributed by atoms with Crippen LogP contribution in [0.5, 0.6) is 0 Å². The molecule has 9 nitrogen and oxygen atoms in total. The molecule has 1 N–H and O–H groups in total. The lowest BCUT2D eigenvalue weighted by atomic mass is 9.86. The standard InChI is InChI=1S/C30H25ClFNO8S2/c1-18-26(30(35)41-15-14-40-25(34)16-19-8-3-2-4-9-19)28(27-20(31)10-7-11-21(27)32)29-22(33-18)17-42(36,37)23-12-5-6-13-24(23)43(29,38)39/h2-13,28,33H,14-17H2,1H3. The van der Waals surface area contributed by atoms with Crippen LogP contribution in [-0.4, -0.2) is 47.7 Å². The normalized spacial score (nSPS) is 18.5. The molecule has 0 radical (unpaired) electrons. The zero-order valence-electron chi connectivity index (χ0n) is 22.7. The van der Waals surface area contributed by atoms with Crippen molar-refractivity contribution in [1.82, 2.24) is 5.32 Å². The Labute approximate surface area is 252 Å². The van der Waals surface area contributed by atoms with Gasteiger partial charge in [0.05, 0.1) is 38.4 Å². The quantitative estimate of drug-likeness (QED) is 0.296. The number of allylic oxidation sites excluding steroid dienone is 2. The van der Waals surface area contributed by atoms with Crippen LogP contribution in [0.15, 0.2) is 104 Å². The summed E-state index contributed by atoms with van der Waals surface area (Å²) in [5.74, 6) is -4.89. The molecule has 0 aromatic heterocycles. The molecule has 5 rings (SSSR count). The van der Waals surface area contributed by atoms with Crippen molar-refractivity contribution in [3.8, 4) is 0 Å². The molecule has 0 saturated carbocycles. The number of ether oxygens (including phenoxy) is 2. The SMILES string of the molecule is CC1=C(C(=O)OCCOC(=O)Cc2ccccc2)C(c2c(F)cccc2Cl)C2=C(CS(=O)(=O)c3ccccc3S2(=O)=O)N1. The van der Waals surface area contributed by atoms with E-state index in [-0.39, 0.29) is 47.2 Å². The van der Waals surface area contributed by atoms with Crippen LogP contribution in [0.25, 0.3) is 0 Å². The molecule has 3 aromatic rings. The van der Waals surface area contributed by atoms with Gasteiger partial charge < -0.3 is 14.8 Å². The summed E-state index contributed by atoms with van der Waals surface area (Å²) in [5.41, 5.74) is -0.0730. The van der Waals surface area contributed by atoms with Gasteiger partial charge in [-0.25, -0.2) is 26.0 Å². The Morgan fingerprint density at radius 1 is 0.907 bits per heavy atom. The van der Waals surface area contributed by atoms with E-state index < -0.39 is 63.8 Å². The summed E-state index contributed by atoms with van der Waals surface area (Å²) in [6.45, 7) is 0.739. The monoisotopic (exact) mass is 645 g/mol. The maximum absolute atomic E-state index is 15.5. The highest BCUT2D eigenvalue weighted by molar-refractivity contribution is 7.97. The van der Waals surface area contributed by atoms with Crippen molar-refractivity contribution in [2.75, 3.05) is 19.0 Å². The third-order valence-electron chi connectivity index (χ3n) is 6.97. The molecule has 2 aliphatic heterocycles. The first-order valence-electron chi connectivity index (χ1n) is 13.0. The van der Waals surface area contributed by atoms with Crippen molar-refractivity contribution < 1.29 is 40.3 Å². The van der Waals surface area contributed by atoms with Gasteiger partial charge in [0.25, 0.3) is 0 Å². The molecule has 0 amide bonds. The Kier molecular flexibility index (Phi) is 8.46. The topological polar surface area (TPSA) is 133 Å². The van der Waals surface area contributed by atoms with Gasteiger partial charge in [0.2, 0.25) is 9.84 Å². The van der Waals surface area contributed by atoms with Crippen LogP contribution in [-0.2, 0) is 45.2 Å². The third kappa shape index (κ3) is 5.95. The fourth-order valence-corrected chi connectivity index (χ4v) is 9.45. The predicted octanol–water partition coefficient (Wildman–Crippen LogP) is 4.24. The number of hydrogen-bond donors (Lipinski definition) is 1. The molecule has 43 heavy (non-hydrogen) atoms. The molecular formula is C30H25ClFNO8S2. The molecular weight excluding hydrogens is 621 g/mol. The van der Waals surface area contributed by atoms with Gasteiger partial charge in [0.15, 0.2) is 9.84 Å². The van der Waals surface area contributed by atoms with Crippen molar-refractivity contribution in [3.05, 3.63) is 117 Å². The first kappa shape index (κ1) is 30.5. The number of halogens is 2. The molecule has 0 bridgehead atoms. The predicted molar refractivity (Wildman–Crippen MR) is 155 cm³/mol. The molecule has 224 valence electrons. The lowest BCUT2D eigenvalue weighted by Crippen LogP contribution is -2.34. The van der Waals surface area contributed by atoms with Crippen LogP contribution < -0.4 is 5.32 Å². The van der Waals surface area contributed by atoms with Crippen molar-refractivity contribution in [2.45, 2.75) is 29.1 Å². The smallest absolute Gasteiger partial charge is 0.336 e. The first-order chi connectivity index (χ1) is 20.4. The van der Waals surface area contributed by atoms with Gasteiger partial charge >= 0.3 is 11.9 Å². The van der Waals surface area contributed by atoms with E-state index in [1.807, 2.05) is 6.07 Å². The van der Waals surface area contributed by atoms with Gasteiger partial charge in [-0.15, -0.1) is 0 Å². The maximum atomic E-state index is 15.5. The van der Waals surface area contributed by atoms with E-state index in [1.54, 1.807) is 24.3 Å². The van der Waals surface area contributed by atoms with Crippen molar-refractivity contribution in [1.29, 1.82) is 0 Å². The number of benzene rings is 3. The van der Waals surface area contributed by atoms with Crippen LogP contribution in [0.1, 0.15) is 24.0 Å². The van der Waals surface area contributed by atoms with Crippen LogP contribution in [0.4, 0.5) is 4.39 Å². The van der Waals surface area contributed by atoms with Crippen molar-refractivity contribution in [2.24, 2.45) is 0 Å². The van der Waals surface area contributed by atoms with E-state index >= 15 is 4.39 Å². The largest absolute Gasteiger partial charge is 0.462 e. The van der Waals surface area contributed by atoms with E-state index in [2.05, 4.69) is 5.32 Å². The second-order valence-electron chi connectivity index (χ2n) is 9.80. The summed E-state index contributed by atoms with van der Waals surface area (Å²) in [5, 5.41) is 2.58. The average molecular weight is 646 g/mol. The van der Waals surface area contributed by atoms with E-state index in [0.29, 0.717) is 0 Å². The lowest BCUT2D eigenvalue weighted by Gasteiger charge is -2.31. The highest BCUT2D eigenvalue weighted by Gasteiger charge is 2.47. The average Bonchev–Trinajstić information content (AvgIpc) is 3.01. The molecule has 0 spiro atoms. The van der Waals surface area contributed by atoms with E-state index in [9.17, 15) is 26.4 Å². The molecule has 2 heterocycles. The third-order valence-corrected chi connectivity index (χ3v) is 11.1. The summed E-state index contributed by atoms with van der Waals surface area (Å²) >= 11 is 6.40. The Hall–Kier alpha value is -4.00. The van der Waals surface area contributed by atoms with Gasteiger partial charge in [-0.1, -0.05) is 60.1 Å². The fraction of sp³-hybridized carbons (Fsp3) is 0.200. The van der Waals surface area contributed by atoms with Gasteiger partial charge in [-0.2, -0.15) is 0 Å². The summed E-state index contributed by atoms with van der Waals surface area (Å²) in [6.07, 6.45) is 0.00992. The summed E-state index contributed by atoms with van der Waals surface area (Å²) < 4.78 is 80.9. The Balaban J connectivity index is 1.50. The van der Waals surface area contributed by atoms with Crippen molar-refractivity contribution in [3.63, 3.8) is 0 Å². The first-order valence-corrected chi connectivity index (χ1v) is 16.5. The van der Waals surface area contributed by atoms with E-state index in [0.717, 1.165) is 17.7 Å². The number of carbonyl (C=O) groups is 2. The Bertz CT molecular complexity index is 1880. The van der Waals surface area contributed by atoms with Gasteiger partial charge in [0, 0.05) is 22.0 Å². The van der Waals surface area contributed by atoms with Gasteiger partial charge in [-0.3, -0.25) is 4.79 Å². The van der Waals surface area contributed by atoms with E-state index in [4.69, 9.17) is 21.1 Å². The molecule has 2 aliphatic rings. The summed E-state index contributed by atoms with van der Waals surface area (Å²) in [6, 6.07) is 17.7. The molecule has 0 saturated heterocycles. The molecule has 1 atom stereocenters. The molecule has 1 unspecified atom stereocenters. The number of sulfone groups is 2. The number of carbonyl (C=O) groups excluding carboxylic acids is 2. The number of nitrogens with one attached hydrogen (secondary N) is 1. The minimum Gasteiger partial charge on any atom is -0.462 e. The minimum absolute atomic E-state index is 0.00992. The second-order valence-corrected chi connectivity index (χ2v) is 14.1. The second kappa shape index (κ2) is 11.9. The van der Waals surface area contributed by atoms with Gasteiger partial charge in [0.1, 0.15) is 19.0 Å². The lowest BCUT2D eigenvalue weighted by molar-refractivity contribution is -0.149. The summed E-state index contributed by atoms with van der Waals surface area (Å²) in [7, 11) is -8.80. The number of esters is 2. The minimum atomic E-state index is -4.64. The van der Waals surface area contributed by atoms with E-state index in [1.165, 1.54) is 37.3 Å². The van der Waals surface area contributed by atoms with Crippen LogP contribution in [0.2, 0.25) is 5.02 Å². The Morgan fingerprint density at radius 2 is 1.56 bits per heavy atom.